The number of rotatable bonds is 7. The second-order valence-electron chi connectivity index (χ2n) is 8.86. The summed E-state index contributed by atoms with van der Waals surface area (Å²) in [5.41, 5.74) is 3.09. The number of aromatic nitrogens is 3. The lowest BCUT2D eigenvalue weighted by Gasteiger charge is -2.27. The van der Waals surface area contributed by atoms with E-state index in [9.17, 15) is 4.79 Å². The molecule has 2 aromatic carbocycles. The van der Waals surface area contributed by atoms with E-state index in [4.69, 9.17) is 14.5 Å². The number of hydrogen-bond acceptors (Lipinski definition) is 5. The molecule has 1 unspecified atom stereocenters. The molecule has 1 atom stereocenters. The van der Waals surface area contributed by atoms with E-state index in [2.05, 4.69) is 10.3 Å². The Kier molecular flexibility index (Phi) is 8.10. The van der Waals surface area contributed by atoms with E-state index < -0.39 is 6.04 Å². The zero-order valence-corrected chi connectivity index (χ0v) is 21.2. The number of amides is 1. The summed E-state index contributed by atoms with van der Waals surface area (Å²) in [6.45, 7) is 0. The Balaban J connectivity index is 0.00000190. The molecule has 2 aromatic heterocycles. The fraction of sp³-hybridized carbons (Fsp3) is 0.321. The van der Waals surface area contributed by atoms with Crippen LogP contribution in [0, 0.1) is 0 Å². The Hall–Kier alpha value is -3.58. The SMILES string of the molecule is COc1ccc(-c2nc3ccccc3n2C(C(=O)NC2CCCCC2)c2ccccn2)c(OC)c1.[Cl-].[H+]. The number of para-hydroxylation sites is 2. The summed E-state index contributed by atoms with van der Waals surface area (Å²) in [6.07, 6.45) is 7.24. The van der Waals surface area contributed by atoms with Crippen molar-refractivity contribution in [3.8, 4) is 22.9 Å². The number of carbonyl (C=O) groups is 1. The molecule has 7 nitrogen and oxygen atoms in total. The van der Waals surface area contributed by atoms with Gasteiger partial charge in [-0.2, -0.15) is 0 Å². The van der Waals surface area contributed by atoms with Gasteiger partial charge in [0.15, 0.2) is 6.04 Å². The summed E-state index contributed by atoms with van der Waals surface area (Å²) in [5, 5.41) is 3.32. The molecule has 0 spiro atoms. The van der Waals surface area contributed by atoms with Gasteiger partial charge < -0.3 is 31.8 Å². The number of benzene rings is 2. The van der Waals surface area contributed by atoms with Crippen LogP contribution in [0.25, 0.3) is 22.4 Å². The van der Waals surface area contributed by atoms with Crippen molar-refractivity contribution in [2.45, 2.75) is 44.2 Å². The lowest BCUT2D eigenvalue weighted by atomic mass is 9.95. The third-order valence-corrected chi connectivity index (χ3v) is 6.67. The highest BCUT2D eigenvalue weighted by Gasteiger charge is 2.31. The Bertz CT molecular complexity index is 1330. The average Bonchev–Trinajstić information content (AvgIpc) is 3.28. The number of methoxy groups -OCH3 is 2. The molecule has 5 rings (SSSR count). The van der Waals surface area contributed by atoms with E-state index in [-0.39, 0.29) is 25.8 Å². The molecular formula is C28H31ClN4O3. The van der Waals surface area contributed by atoms with Crippen LogP contribution in [0.2, 0.25) is 0 Å². The van der Waals surface area contributed by atoms with Crippen LogP contribution in [0.15, 0.2) is 66.9 Å². The second-order valence-corrected chi connectivity index (χ2v) is 8.86. The summed E-state index contributed by atoms with van der Waals surface area (Å²) in [5.74, 6) is 1.87. The number of hydrogen-bond donors (Lipinski definition) is 1. The molecule has 0 radical (unpaired) electrons. The molecule has 0 saturated heterocycles. The summed E-state index contributed by atoms with van der Waals surface area (Å²) in [7, 11) is 3.24. The van der Waals surface area contributed by atoms with Crippen LogP contribution in [-0.2, 0) is 4.79 Å². The van der Waals surface area contributed by atoms with E-state index in [1.165, 1.54) is 6.42 Å². The average molecular weight is 507 g/mol. The van der Waals surface area contributed by atoms with Crippen molar-refractivity contribution in [1.82, 2.24) is 19.9 Å². The number of halogens is 1. The Morgan fingerprint density at radius 1 is 1.03 bits per heavy atom. The lowest BCUT2D eigenvalue weighted by Crippen LogP contribution is -3.00. The van der Waals surface area contributed by atoms with Crippen LogP contribution in [0.4, 0.5) is 0 Å². The smallest absolute Gasteiger partial charge is 1.00 e. The highest BCUT2D eigenvalue weighted by atomic mass is 35.5. The molecule has 8 heteroatoms. The van der Waals surface area contributed by atoms with Crippen LogP contribution in [0.1, 0.15) is 45.3 Å². The summed E-state index contributed by atoms with van der Waals surface area (Å²) in [4.78, 5) is 23.5. The van der Waals surface area contributed by atoms with Crippen molar-refractivity contribution in [2.75, 3.05) is 14.2 Å². The topological polar surface area (TPSA) is 78.3 Å². The second kappa shape index (κ2) is 11.4. The Labute approximate surface area is 218 Å². The monoisotopic (exact) mass is 506 g/mol. The van der Waals surface area contributed by atoms with Gasteiger partial charge >= 0.3 is 1.43 Å². The molecule has 0 aliphatic heterocycles. The summed E-state index contributed by atoms with van der Waals surface area (Å²) in [6, 6.07) is 18.6. The molecular weight excluding hydrogens is 476 g/mol. The van der Waals surface area contributed by atoms with Crippen LogP contribution in [0.3, 0.4) is 0 Å². The van der Waals surface area contributed by atoms with Gasteiger partial charge in [-0.3, -0.25) is 9.78 Å². The number of carbonyl (C=O) groups excluding carboxylic acids is 1. The van der Waals surface area contributed by atoms with Gasteiger partial charge in [0.1, 0.15) is 17.3 Å². The maximum absolute atomic E-state index is 13.9. The first-order valence-corrected chi connectivity index (χ1v) is 12.1. The number of ether oxygens (including phenoxy) is 2. The third-order valence-electron chi connectivity index (χ3n) is 6.67. The zero-order chi connectivity index (χ0) is 24.2. The minimum Gasteiger partial charge on any atom is -1.00 e. The first-order chi connectivity index (χ1) is 17.2. The van der Waals surface area contributed by atoms with Gasteiger partial charge in [-0.15, -0.1) is 0 Å². The molecule has 36 heavy (non-hydrogen) atoms. The molecule has 0 bridgehead atoms. The third kappa shape index (κ3) is 5.02. The number of fused-ring (bicyclic) bond motifs is 1. The van der Waals surface area contributed by atoms with E-state index >= 15 is 0 Å². The first-order valence-electron chi connectivity index (χ1n) is 12.1. The fourth-order valence-corrected chi connectivity index (χ4v) is 4.93. The molecule has 1 aliphatic rings. The van der Waals surface area contributed by atoms with Crippen molar-refractivity contribution in [3.05, 3.63) is 72.6 Å². The highest BCUT2D eigenvalue weighted by molar-refractivity contribution is 5.89. The van der Waals surface area contributed by atoms with Gasteiger partial charge in [-0.05, 0) is 49.2 Å². The van der Waals surface area contributed by atoms with Crippen LogP contribution >= 0.6 is 0 Å². The van der Waals surface area contributed by atoms with Crippen LogP contribution < -0.4 is 27.2 Å². The molecule has 1 saturated carbocycles. The number of pyridine rings is 1. The number of imidazole rings is 1. The molecule has 2 heterocycles. The van der Waals surface area contributed by atoms with E-state index in [1.807, 2.05) is 65.2 Å². The molecule has 1 amide bonds. The largest absolute Gasteiger partial charge is 1.00 e. The molecule has 4 aromatic rings. The van der Waals surface area contributed by atoms with Gasteiger partial charge in [0.2, 0.25) is 5.91 Å². The molecule has 1 aliphatic carbocycles. The zero-order valence-electron chi connectivity index (χ0n) is 21.5. The van der Waals surface area contributed by atoms with Crippen molar-refractivity contribution in [2.24, 2.45) is 0 Å². The standard InChI is InChI=1S/C28H30N4O3.ClH/c1-34-20-15-16-21(25(18-20)35-2)27-31-22-12-6-7-14-24(22)32(27)26(23-13-8-9-17-29-23)28(33)30-19-10-4-3-5-11-19;/h6-9,12-19,26H,3-5,10-11H2,1-2H3,(H,30,33);1H. The van der Waals surface area contributed by atoms with Crippen molar-refractivity contribution < 1.29 is 28.1 Å². The summed E-state index contributed by atoms with van der Waals surface area (Å²) >= 11 is 0. The van der Waals surface area contributed by atoms with Crippen LogP contribution in [-0.4, -0.2) is 40.7 Å². The van der Waals surface area contributed by atoms with Crippen molar-refractivity contribution in [3.63, 3.8) is 0 Å². The lowest BCUT2D eigenvalue weighted by molar-refractivity contribution is -0.124. The highest BCUT2D eigenvalue weighted by Crippen LogP contribution is 2.37. The number of nitrogens with one attached hydrogen (secondary N) is 1. The van der Waals surface area contributed by atoms with Gasteiger partial charge in [0.25, 0.3) is 0 Å². The molecule has 1 N–H and O–H groups in total. The van der Waals surface area contributed by atoms with Gasteiger partial charge in [-0.1, -0.05) is 37.5 Å². The predicted octanol–water partition coefficient (Wildman–Crippen LogP) is 2.27. The Morgan fingerprint density at radius 3 is 2.53 bits per heavy atom. The predicted molar refractivity (Wildman–Crippen MR) is 137 cm³/mol. The minimum atomic E-state index is -0.688. The molecule has 188 valence electrons. The number of nitrogens with zero attached hydrogens (tertiary/aromatic N) is 3. The van der Waals surface area contributed by atoms with Gasteiger partial charge in [0.05, 0.1) is 36.5 Å². The van der Waals surface area contributed by atoms with Crippen LogP contribution in [0.5, 0.6) is 11.5 Å². The summed E-state index contributed by atoms with van der Waals surface area (Å²) < 4.78 is 13.1. The van der Waals surface area contributed by atoms with E-state index in [0.29, 0.717) is 23.0 Å². The van der Waals surface area contributed by atoms with Gasteiger partial charge in [0, 0.05) is 18.3 Å². The van der Waals surface area contributed by atoms with E-state index in [0.717, 1.165) is 42.3 Å². The maximum atomic E-state index is 13.9. The van der Waals surface area contributed by atoms with E-state index in [1.54, 1.807) is 20.4 Å². The molecule has 1 fully saturated rings. The maximum Gasteiger partial charge on any atom is 1.00 e. The Morgan fingerprint density at radius 2 is 1.81 bits per heavy atom. The van der Waals surface area contributed by atoms with Gasteiger partial charge in [-0.25, -0.2) is 4.98 Å². The fourth-order valence-electron chi connectivity index (χ4n) is 4.93. The van der Waals surface area contributed by atoms with Crippen molar-refractivity contribution in [1.29, 1.82) is 0 Å². The van der Waals surface area contributed by atoms with Crippen molar-refractivity contribution >= 4 is 16.9 Å². The quantitative estimate of drug-likeness (QED) is 0.416. The normalized spacial score (nSPS) is 14.6. The first kappa shape index (κ1) is 25.5. The minimum absolute atomic E-state index is 0.